The quantitative estimate of drug-likeness (QED) is 0.325. The first kappa shape index (κ1) is 22.2. The number of hydrogen-bond donors (Lipinski definition) is 2. The van der Waals surface area contributed by atoms with Gasteiger partial charge in [-0.1, -0.05) is 15.9 Å². The van der Waals surface area contributed by atoms with Crippen molar-refractivity contribution in [3.63, 3.8) is 0 Å². The first-order valence-corrected chi connectivity index (χ1v) is 9.42. The number of guanidine groups is 1. The monoisotopic (exact) mass is 538 g/mol. The van der Waals surface area contributed by atoms with Crippen molar-refractivity contribution in [3.8, 4) is 5.75 Å². The fourth-order valence-electron chi connectivity index (χ4n) is 2.15. The molecule has 25 heavy (non-hydrogen) atoms. The Labute approximate surface area is 178 Å². The minimum atomic E-state index is 0. The van der Waals surface area contributed by atoms with E-state index < -0.39 is 0 Å². The predicted octanol–water partition coefficient (Wildman–Crippen LogP) is 4.40. The van der Waals surface area contributed by atoms with Gasteiger partial charge in [-0.05, 0) is 39.0 Å². The molecule has 1 aromatic carbocycles. The van der Waals surface area contributed by atoms with E-state index in [4.69, 9.17) is 4.74 Å². The molecule has 0 radical (unpaired) electrons. The van der Waals surface area contributed by atoms with Crippen LogP contribution in [0, 0.1) is 13.8 Å². The number of methoxy groups -OCH3 is 1. The lowest BCUT2D eigenvalue weighted by atomic mass is 10.2. The van der Waals surface area contributed by atoms with Crippen molar-refractivity contribution in [2.45, 2.75) is 33.9 Å². The standard InChI is InChI=1S/C17H23BrN4OS.HI/c1-5-19-17(21-10-16-22-11(2)12(3)24-16)20-9-13-8-14(18)6-7-15(13)23-4;/h6-8H,5,9-10H2,1-4H3,(H2,19,20,21);1H. The van der Waals surface area contributed by atoms with Crippen molar-refractivity contribution in [1.29, 1.82) is 0 Å². The highest BCUT2D eigenvalue weighted by atomic mass is 127. The predicted molar refractivity (Wildman–Crippen MR) is 119 cm³/mol. The third-order valence-electron chi connectivity index (χ3n) is 3.47. The van der Waals surface area contributed by atoms with Gasteiger partial charge in [0, 0.05) is 21.5 Å². The van der Waals surface area contributed by atoms with Crippen molar-refractivity contribution < 1.29 is 4.74 Å². The van der Waals surface area contributed by atoms with Gasteiger partial charge in [-0.2, -0.15) is 0 Å². The van der Waals surface area contributed by atoms with Crippen molar-refractivity contribution in [2.75, 3.05) is 13.7 Å². The van der Waals surface area contributed by atoms with Crippen LogP contribution >= 0.6 is 51.2 Å². The summed E-state index contributed by atoms with van der Waals surface area (Å²) in [5, 5.41) is 7.66. The minimum Gasteiger partial charge on any atom is -0.496 e. The smallest absolute Gasteiger partial charge is 0.191 e. The molecule has 0 aliphatic heterocycles. The van der Waals surface area contributed by atoms with Crippen LogP contribution in [0.5, 0.6) is 5.75 Å². The van der Waals surface area contributed by atoms with Crippen molar-refractivity contribution in [1.82, 2.24) is 15.6 Å². The maximum Gasteiger partial charge on any atom is 0.191 e. The summed E-state index contributed by atoms with van der Waals surface area (Å²) in [6.45, 7) is 8.18. The van der Waals surface area contributed by atoms with Crippen LogP contribution in [0.3, 0.4) is 0 Å². The lowest BCUT2D eigenvalue weighted by Gasteiger charge is -2.11. The van der Waals surface area contributed by atoms with Gasteiger partial charge in [0.25, 0.3) is 0 Å². The number of halogens is 2. The highest BCUT2D eigenvalue weighted by Crippen LogP contribution is 2.23. The Balaban J connectivity index is 0.00000312. The molecule has 2 aromatic rings. The van der Waals surface area contributed by atoms with Crippen molar-refractivity contribution >= 4 is 57.2 Å². The first-order chi connectivity index (χ1) is 11.5. The van der Waals surface area contributed by atoms with Gasteiger partial charge in [0.05, 0.1) is 25.9 Å². The molecule has 0 bridgehead atoms. The van der Waals surface area contributed by atoms with E-state index in [1.165, 1.54) is 4.88 Å². The van der Waals surface area contributed by atoms with Crippen molar-refractivity contribution in [2.24, 2.45) is 4.99 Å². The molecule has 2 rings (SSSR count). The van der Waals surface area contributed by atoms with E-state index in [0.29, 0.717) is 13.1 Å². The third kappa shape index (κ3) is 6.74. The summed E-state index contributed by atoms with van der Waals surface area (Å²) in [5.74, 6) is 1.61. The van der Waals surface area contributed by atoms with E-state index in [2.05, 4.69) is 50.4 Å². The summed E-state index contributed by atoms with van der Waals surface area (Å²) >= 11 is 5.21. The highest BCUT2D eigenvalue weighted by Gasteiger charge is 2.06. The van der Waals surface area contributed by atoms with Crippen LogP contribution in [0.4, 0.5) is 0 Å². The SMILES string of the molecule is CCNC(=NCc1cc(Br)ccc1OC)NCc1nc(C)c(C)s1.I. The largest absolute Gasteiger partial charge is 0.496 e. The number of aromatic nitrogens is 1. The molecule has 0 saturated carbocycles. The summed E-state index contributed by atoms with van der Waals surface area (Å²) < 4.78 is 6.41. The molecular formula is C17H24BrIN4OS. The molecule has 0 aliphatic carbocycles. The molecule has 0 fully saturated rings. The second-order valence-corrected chi connectivity index (χ2v) is 7.46. The zero-order chi connectivity index (χ0) is 17.5. The zero-order valence-electron chi connectivity index (χ0n) is 14.9. The molecule has 0 aliphatic rings. The van der Waals surface area contributed by atoms with E-state index in [1.54, 1.807) is 18.4 Å². The second-order valence-electron chi connectivity index (χ2n) is 5.25. The minimum absolute atomic E-state index is 0. The van der Waals surface area contributed by atoms with E-state index in [-0.39, 0.29) is 24.0 Å². The molecule has 0 saturated heterocycles. The molecule has 0 unspecified atom stereocenters. The van der Waals surface area contributed by atoms with Crippen LogP contribution in [-0.4, -0.2) is 24.6 Å². The van der Waals surface area contributed by atoms with Crippen molar-refractivity contribution in [3.05, 3.63) is 43.8 Å². The average molecular weight is 539 g/mol. The molecule has 1 aromatic heterocycles. The Morgan fingerprint density at radius 3 is 2.68 bits per heavy atom. The Morgan fingerprint density at radius 1 is 1.32 bits per heavy atom. The summed E-state index contributed by atoms with van der Waals surface area (Å²) in [5.41, 5.74) is 2.13. The number of nitrogens with one attached hydrogen (secondary N) is 2. The molecule has 0 atom stereocenters. The van der Waals surface area contributed by atoms with Crippen LogP contribution in [0.1, 0.15) is 28.1 Å². The lowest BCUT2D eigenvalue weighted by Crippen LogP contribution is -2.36. The van der Waals surface area contributed by atoms with E-state index >= 15 is 0 Å². The Hall–Kier alpha value is -0.870. The lowest BCUT2D eigenvalue weighted by molar-refractivity contribution is 0.409. The Kier molecular flexibility index (Phi) is 9.73. The summed E-state index contributed by atoms with van der Waals surface area (Å²) in [7, 11) is 1.67. The van der Waals surface area contributed by atoms with E-state index in [1.807, 2.05) is 25.1 Å². The second kappa shape index (κ2) is 11.0. The first-order valence-electron chi connectivity index (χ1n) is 7.81. The molecule has 0 amide bonds. The average Bonchev–Trinajstić information content (AvgIpc) is 2.88. The van der Waals surface area contributed by atoms with Gasteiger partial charge in [-0.3, -0.25) is 0 Å². The van der Waals surface area contributed by atoms with Gasteiger partial charge in [-0.25, -0.2) is 9.98 Å². The third-order valence-corrected chi connectivity index (χ3v) is 5.04. The molecule has 1 heterocycles. The summed E-state index contributed by atoms with van der Waals surface area (Å²) in [6.07, 6.45) is 0. The van der Waals surface area contributed by atoms with Crippen LogP contribution in [0.2, 0.25) is 0 Å². The van der Waals surface area contributed by atoms with Gasteiger partial charge in [-0.15, -0.1) is 35.3 Å². The normalized spacial score (nSPS) is 11.0. The molecular weight excluding hydrogens is 515 g/mol. The number of rotatable bonds is 6. The summed E-state index contributed by atoms with van der Waals surface area (Å²) in [6, 6.07) is 5.93. The maximum atomic E-state index is 5.40. The van der Waals surface area contributed by atoms with Crippen LogP contribution in [-0.2, 0) is 13.1 Å². The highest BCUT2D eigenvalue weighted by molar-refractivity contribution is 14.0. The fourth-order valence-corrected chi connectivity index (χ4v) is 3.43. The number of nitrogens with zero attached hydrogens (tertiary/aromatic N) is 2. The number of aliphatic imine (C=N–C) groups is 1. The number of ether oxygens (including phenoxy) is 1. The van der Waals surface area contributed by atoms with Gasteiger partial charge >= 0.3 is 0 Å². The number of thiazole rings is 1. The number of hydrogen-bond acceptors (Lipinski definition) is 4. The molecule has 0 spiro atoms. The summed E-state index contributed by atoms with van der Waals surface area (Å²) in [4.78, 5) is 10.5. The van der Waals surface area contributed by atoms with Crippen LogP contribution in [0.25, 0.3) is 0 Å². The molecule has 138 valence electrons. The fraction of sp³-hybridized carbons (Fsp3) is 0.412. The van der Waals surface area contributed by atoms with Crippen LogP contribution in [0.15, 0.2) is 27.7 Å². The molecule has 5 nitrogen and oxygen atoms in total. The van der Waals surface area contributed by atoms with Gasteiger partial charge < -0.3 is 15.4 Å². The van der Waals surface area contributed by atoms with Crippen LogP contribution < -0.4 is 15.4 Å². The number of benzene rings is 1. The Morgan fingerprint density at radius 2 is 2.08 bits per heavy atom. The van der Waals surface area contributed by atoms with Gasteiger partial charge in [0.15, 0.2) is 5.96 Å². The maximum absolute atomic E-state index is 5.40. The topological polar surface area (TPSA) is 58.5 Å². The van der Waals surface area contributed by atoms with E-state index in [9.17, 15) is 0 Å². The molecule has 2 N–H and O–H groups in total. The van der Waals surface area contributed by atoms with Gasteiger partial charge in [0.2, 0.25) is 0 Å². The zero-order valence-corrected chi connectivity index (χ0v) is 19.6. The number of aryl methyl sites for hydroxylation is 2. The van der Waals surface area contributed by atoms with Gasteiger partial charge in [0.1, 0.15) is 10.8 Å². The van der Waals surface area contributed by atoms with E-state index in [0.717, 1.165) is 39.0 Å². The molecule has 8 heteroatoms. The Bertz CT molecular complexity index is 701.